The number of hydrogen-bond acceptors (Lipinski definition) is 4. The summed E-state index contributed by atoms with van der Waals surface area (Å²) in [6.07, 6.45) is 4.37. The SMILES string of the molecule is Cc1ccc(CC(=O)N2C[C@H](C(=O)NCc3cccnc3)[C@@H]3OCC[C@@H]32)cc1. The van der Waals surface area contributed by atoms with Crippen molar-refractivity contribution in [2.24, 2.45) is 5.92 Å². The molecule has 0 saturated carbocycles. The maximum Gasteiger partial charge on any atom is 0.227 e. The van der Waals surface area contributed by atoms with Crippen LogP contribution in [0.5, 0.6) is 0 Å². The number of ether oxygens (including phenoxy) is 1. The summed E-state index contributed by atoms with van der Waals surface area (Å²) in [5.41, 5.74) is 3.12. The third-order valence-electron chi connectivity index (χ3n) is 5.62. The fourth-order valence-corrected chi connectivity index (χ4v) is 4.09. The lowest BCUT2D eigenvalue weighted by Gasteiger charge is -2.22. The van der Waals surface area contributed by atoms with Gasteiger partial charge in [0.1, 0.15) is 0 Å². The molecule has 2 aromatic rings. The van der Waals surface area contributed by atoms with Crippen molar-refractivity contribution in [1.82, 2.24) is 15.2 Å². The van der Waals surface area contributed by atoms with E-state index >= 15 is 0 Å². The van der Waals surface area contributed by atoms with Crippen LogP contribution in [0.1, 0.15) is 23.1 Å². The van der Waals surface area contributed by atoms with Gasteiger partial charge in [0, 0.05) is 32.1 Å². The summed E-state index contributed by atoms with van der Waals surface area (Å²) >= 11 is 0. The van der Waals surface area contributed by atoms with E-state index in [1.807, 2.05) is 48.2 Å². The topological polar surface area (TPSA) is 71.5 Å². The van der Waals surface area contributed by atoms with Crippen molar-refractivity contribution < 1.29 is 14.3 Å². The molecule has 0 bridgehead atoms. The van der Waals surface area contributed by atoms with E-state index in [-0.39, 0.29) is 29.9 Å². The number of hydrogen-bond donors (Lipinski definition) is 1. The van der Waals surface area contributed by atoms with Gasteiger partial charge in [-0.3, -0.25) is 14.6 Å². The molecule has 1 N–H and O–H groups in total. The second-order valence-corrected chi connectivity index (χ2v) is 7.59. The van der Waals surface area contributed by atoms with E-state index in [9.17, 15) is 9.59 Å². The first-order valence-electron chi connectivity index (χ1n) is 9.75. The Morgan fingerprint density at radius 3 is 2.79 bits per heavy atom. The smallest absolute Gasteiger partial charge is 0.227 e. The number of benzene rings is 1. The third-order valence-corrected chi connectivity index (χ3v) is 5.62. The molecule has 28 heavy (non-hydrogen) atoms. The Bertz CT molecular complexity index is 838. The molecule has 0 radical (unpaired) electrons. The fraction of sp³-hybridized carbons (Fsp3) is 0.409. The predicted octanol–water partition coefficient (Wildman–Crippen LogP) is 1.86. The van der Waals surface area contributed by atoms with Crippen molar-refractivity contribution in [3.8, 4) is 0 Å². The highest BCUT2D eigenvalue weighted by atomic mass is 16.5. The zero-order chi connectivity index (χ0) is 19.5. The molecule has 3 heterocycles. The number of fused-ring (bicyclic) bond motifs is 1. The maximum absolute atomic E-state index is 12.9. The summed E-state index contributed by atoms with van der Waals surface area (Å²) in [6, 6.07) is 11.8. The molecule has 1 aromatic heterocycles. The van der Waals surface area contributed by atoms with E-state index in [1.165, 1.54) is 5.56 Å². The Labute approximate surface area is 164 Å². The number of nitrogens with one attached hydrogen (secondary N) is 1. The molecule has 6 nitrogen and oxygen atoms in total. The zero-order valence-corrected chi connectivity index (χ0v) is 16.0. The molecule has 2 amide bonds. The van der Waals surface area contributed by atoms with Gasteiger partial charge in [0.25, 0.3) is 0 Å². The summed E-state index contributed by atoms with van der Waals surface area (Å²) < 4.78 is 5.84. The van der Waals surface area contributed by atoms with Gasteiger partial charge in [0.05, 0.1) is 24.5 Å². The summed E-state index contributed by atoms with van der Waals surface area (Å²) in [5.74, 6) is -0.329. The van der Waals surface area contributed by atoms with Gasteiger partial charge in [-0.15, -0.1) is 0 Å². The van der Waals surface area contributed by atoms with Crippen molar-refractivity contribution in [3.05, 3.63) is 65.5 Å². The summed E-state index contributed by atoms with van der Waals surface area (Å²) in [5, 5.41) is 2.97. The van der Waals surface area contributed by atoms with Crippen LogP contribution in [0.25, 0.3) is 0 Å². The standard InChI is InChI=1S/C22H25N3O3/c1-15-4-6-16(7-5-15)11-20(26)25-14-18(21-19(25)8-10-28-21)22(27)24-13-17-3-2-9-23-12-17/h2-7,9,12,18-19,21H,8,10-11,13-14H2,1H3,(H,24,27)/t18-,19-,21-/m0/s1. The van der Waals surface area contributed by atoms with Crippen LogP contribution < -0.4 is 5.32 Å². The molecule has 4 rings (SSSR count). The number of nitrogens with zero attached hydrogens (tertiary/aromatic N) is 2. The number of amides is 2. The minimum Gasteiger partial charge on any atom is -0.375 e. The van der Waals surface area contributed by atoms with E-state index in [1.54, 1.807) is 12.4 Å². The Hall–Kier alpha value is -2.73. The largest absolute Gasteiger partial charge is 0.375 e. The molecule has 3 atom stereocenters. The quantitative estimate of drug-likeness (QED) is 0.861. The van der Waals surface area contributed by atoms with E-state index in [0.29, 0.717) is 26.1 Å². The van der Waals surface area contributed by atoms with Gasteiger partial charge in [-0.2, -0.15) is 0 Å². The average Bonchev–Trinajstić information content (AvgIpc) is 3.31. The second-order valence-electron chi connectivity index (χ2n) is 7.59. The normalized spacial score (nSPS) is 23.5. The maximum atomic E-state index is 12.9. The monoisotopic (exact) mass is 379 g/mol. The van der Waals surface area contributed by atoms with E-state index in [4.69, 9.17) is 4.74 Å². The highest BCUT2D eigenvalue weighted by molar-refractivity contribution is 5.84. The van der Waals surface area contributed by atoms with E-state index < -0.39 is 0 Å². The van der Waals surface area contributed by atoms with Gasteiger partial charge in [0.15, 0.2) is 0 Å². The lowest BCUT2D eigenvalue weighted by molar-refractivity contribution is -0.131. The average molecular weight is 379 g/mol. The van der Waals surface area contributed by atoms with Gasteiger partial charge < -0.3 is 15.0 Å². The molecular weight excluding hydrogens is 354 g/mol. The number of aromatic nitrogens is 1. The third kappa shape index (κ3) is 3.92. The van der Waals surface area contributed by atoms with Crippen LogP contribution in [0.15, 0.2) is 48.8 Å². The molecule has 2 aliphatic heterocycles. The number of rotatable bonds is 5. The number of carbonyl (C=O) groups is 2. The van der Waals surface area contributed by atoms with Crippen LogP contribution in [-0.4, -0.2) is 47.0 Å². The highest BCUT2D eigenvalue weighted by Crippen LogP contribution is 2.34. The first-order valence-corrected chi connectivity index (χ1v) is 9.75. The Kier molecular flexibility index (Phi) is 5.39. The van der Waals surface area contributed by atoms with Crippen LogP contribution >= 0.6 is 0 Å². The molecule has 0 spiro atoms. The Morgan fingerprint density at radius 2 is 2.04 bits per heavy atom. The summed E-state index contributed by atoms with van der Waals surface area (Å²) in [7, 11) is 0. The van der Waals surface area contributed by atoms with Crippen LogP contribution in [0.4, 0.5) is 0 Å². The molecule has 146 valence electrons. The number of carbonyl (C=O) groups excluding carboxylic acids is 2. The van der Waals surface area contributed by atoms with Crippen LogP contribution in [-0.2, 0) is 27.3 Å². The Morgan fingerprint density at radius 1 is 1.21 bits per heavy atom. The van der Waals surface area contributed by atoms with E-state index in [0.717, 1.165) is 17.5 Å². The molecule has 2 saturated heterocycles. The second kappa shape index (κ2) is 8.10. The lowest BCUT2D eigenvalue weighted by Crippen LogP contribution is -2.38. The molecule has 2 fully saturated rings. The van der Waals surface area contributed by atoms with Crippen LogP contribution in [0.2, 0.25) is 0 Å². The minimum absolute atomic E-state index is 0.00732. The minimum atomic E-state index is -0.328. The first kappa shape index (κ1) is 18.6. The highest BCUT2D eigenvalue weighted by Gasteiger charge is 2.50. The van der Waals surface area contributed by atoms with Crippen molar-refractivity contribution in [2.45, 2.75) is 38.5 Å². The van der Waals surface area contributed by atoms with Crippen LogP contribution in [0.3, 0.4) is 0 Å². The number of pyridine rings is 1. The molecule has 2 aliphatic rings. The van der Waals surface area contributed by atoms with Crippen LogP contribution in [0, 0.1) is 12.8 Å². The lowest BCUT2D eigenvalue weighted by atomic mass is 10.0. The molecule has 0 aliphatic carbocycles. The van der Waals surface area contributed by atoms with Gasteiger partial charge in [-0.05, 0) is 30.5 Å². The summed E-state index contributed by atoms with van der Waals surface area (Å²) in [6.45, 7) is 3.47. The van der Waals surface area contributed by atoms with Gasteiger partial charge in [-0.25, -0.2) is 0 Å². The number of aryl methyl sites for hydroxylation is 1. The molecule has 6 heteroatoms. The predicted molar refractivity (Wildman–Crippen MR) is 104 cm³/mol. The summed E-state index contributed by atoms with van der Waals surface area (Å²) in [4.78, 5) is 31.6. The van der Waals surface area contributed by atoms with Gasteiger partial charge in [-0.1, -0.05) is 35.9 Å². The van der Waals surface area contributed by atoms with Crippen molar-refractivity contribution >= 4 is 11.8 Å². The van der Waals surface area contributed by atoms with E-state index in [2.05, 4.69) is 10.3 Å². The van der Waals surface area contributed by atoms with Crippen molar-refractivity contribution in [3.63, 3.8) is 0 Å². The van der Waals surface area contributed by atoms with Gasteiger partial charge in [0.2, 0.25) is 11.8 Å². The van der Waals surface area contributed by atoms with Crippen molar-refractivity contribution in [1.29, 1.82) is 0 Å². The van der Waals surface area contributed by atoms with Gasteiger partial charge >= 0.3 is 0 Å². The van der Waals surface area contributed by atoms with Crippen molar-refractivity contribution in [2.75, 3.05) is 13.2 Å². The zero-order valence-electron chi connectivity index (χ0n) is 16.0. The fourth-order valence-electron chi connectivity index (χ4n) is 4.09. The Balaban J connectivity index is 1.40. The first-order chi connectivity index (χ1) is 13.6. The number of likely N-dealkylation sites (tertiary alicyclic amines) is 1. The molecule has 0 unspecified atom stereocenters. The molecule has 1 aromatic carbocycles. The molecular formula is C22H25N3O3.